The number of imidazole rings is 1. The average Bonchev–Trinajstić information content (AvgIpc) is 2.65. The molecule has 0 amide bonds. The second-order valence-corrected chi connectivity index (χ2v) is 6.97. The summed E-state index contributed by atoms with van der Waals surface area (Å²) in [5.74, 6) is 0. The Morgan fingerprint density at radius 3 is 2.65 bits per heavy atom. The van der Waals surface area contributed by atoms with Gasteiger partial charge in [-0.2, -0.15) is 0 Å². The van der Waals surface area contributed by atoms with Gasteiger partial charge in [-0.1, -0.05) is 0 Å². The lowest BCUT2D eigenvalue weighted by atomic mass is 10.0. The lowest BCUT2D eigenvalue weighted by Gasteiger charge is -2.24. The van der Waals surface area contributed by atoms with Crippen LogP contribution in [0.5, 0.6) is 0 Å². The first-order valence-electron chi connectivity index (χ1n) is 5.25. The minimum Gasteiger partial charge on any atom is -0.311 e. The smallest absolute Gasteiger partial charge is 0.204 e. The Balaban J connectivity index is 2.55. The number of aromatic nitrogens is 2. The van der Waals surface area contributed by atoms with E-state index in [1.807, 2.05) is 0 Å². The van der Waals surface area contributed by atoms with Crippen molar-refractivity contribution in [2.45, 2.75) is 25.8 Å². The van der Waals surface area contributed by atoms with Gasteiger partial charge in [0.15, 0.2) is 0 Å². The van der Waals surface area contributed by atoms with Crippen LogP contribution in [0.4, 0.5) is 0 Å². The summed E-state index contributed by atoms with van der Waals surface area (Å²) in [6, 6.07) is 0.403. The Morgan fingerprint density at radius 2 is 1.94 bits per heavy atom. The molecular formula is C11H8Br3ClN2. The van der Waals surface area contributed by atoms with Gasteiger partial charge in [0, 0.05) is 15.0 Å². The van der Waals surface area contributed by atoms with E-state index < -0.39 is 0 Å². The number of hydrogen-bond donors (Lipinski definition) is 0. The molecule has 0 radical (unpaired) electrons. The van der Waals surface area contributed by atoms with Gasteiger partial charge in [-0.25, -0.2) is 4.98 Å². The van der Waals surface area contributed by atoms with Crippen LogP contribution < -0.4 is 0 Å². The number of aryl methyl sites for hydroxylation is 1. The minimum absolute atomic E-state index is 0.403. The molecule has 90 valence electrons. The third-order valence-electron chi connectivity index (χ3n) is 3.27. The van der Waals surface area contributed by atoms with Crippen LogP contribution in [0.3, 0.4) is 0 Å². The van der Waals surface area contributed by atoms with Crippen molar-refractivity contribution in [2.24, 2.45) is 0 Å². The molecule has 2 nitrogen and oxygen atoms in total. The second-order valence-electron chi connectivity index (χ2n) is 4.26. The fourth-order valence-corrected chi connectivity index (χ4v) is 4.48. The topological polar surface area (TPSA) is 17.8 Å². The largest absolute Gasteiger partial charge is 0.311 e. The quantitative estimate of drug-likeness (QED) is 0.493. The van der Waals surface area contributed by atoms with Gasteiger partial charge in [-0.3, -0.25) is 0 Å². The molecule has 1 unspecified atom stereocenters. The van der Waals surface area contributed by atoms with Crippen molar-refractivity contribution in [2.75, 3.05) is 0 Å². The van der Waals surface area contributed by atoms with E-state index >= 15 is 0 Å². The molecule has 0 N–H and O–H groups in total. The highest BCUT2D eigenvalue weighted by Crippen LogP contribution is 2.45. The number of hydrogen-bond acceptors (Lipinski definition) is 1. The van der Waals surface area contributed by atoms with E-state index in [0.29, 0.717) is 11.3 Å². The highest BCUT2D eigenvalue weighted by Gasteiger charge is 2.27. The van der Waals surface area contributed by atoms with Gasteiger partial charge in [0.25, 0.3) is 0 Å². The van der Waals surface area contributed by atoms with Crippen molar-refractivity contribution in [1.29, 1.82) is 0 Å². The van der Waals surface area contributed by atoms with Gasteiger partial charge >= 0.3 is 0 Å². The van der Waals surface area contributed by atoms with E-state index in [1.54, 1.807) is 0 Å². The summed E-state index contributed by atoms with van der Waals surface area (Å²) in [5, 5.41) is 0.569. The summed E-state index contributed by atoms with van der Waals surface area (Å²) in [7, 11) is 0. The molecule has 0 fully saturated rings. The summed E-state index contributed by atoms with van der Waals surface area (Å²) >= 11 is 17.0. The van der Waals surface area contributed by atoms with Crippen LogP contribution in [-0.2, 0) is 6.42 Å². The van der Waals surface area contributed by atoms with E-state index in [0.717, 1.165) is 37.3 Å². The normalized spacial score (nSPS) is 19.0. The van der Waals surface area contributed by atoms with E-state index in [4.69, 9.17) is 11.6 Å². The first-order chi connectivity index (χ1) is 8.02. The first-order valence-corrected chi connectivity index (χ1v) is 8.00. The van der Waals surface area contributed by atoms with Gasteiger partial charge in [0.05, 0.1) is 9.99 Å². The van der Waals surface area contributed by atoms with Crippen LogP contribution in [0.15, 0.2) is 13.4 Å². The SMILES string of the molecule is CC1CCc2c(Br)c(Br)c(Br)c3nc(Cl)n1c23. The Hall–Kier alpha value is 0.420. The van der Waals surface area contributed by atoms with Crippen molar-refractivity contribution in [1.82, 2.24) is 9.55 Å². The zero-order valence-electron chi connectivity index (χ0n) is 8.90. The predicted octanol–water partition coefficient (Wildman–Crippen LogP) is 5.48. The molecule has 2 aromatic rings. The van der Waals surface area contributed by atoms with Gasteiger partial charge in [0.1, 0.15) is 5.52 Å². The highest BCUT2D eigenvalue weighted by atomic mass is 79.9. The molecule has 0 spiro atoms. The molecule has 0 bridgehead atoms. The number of rotatable bonds is 0. The first kappa shape index (κ1) is 12.5. The zero-order valence-corrected chi connectivity index (χ0v) is 14.4. The maximum atomic E-state index is 6.25. The van der Waals surface area contributed by atoms with Crippen molar-refractivity contribution in [3.8, 4) is 0 Å². The van der Waals surface area contributed by atoms with E-state index in [9.17, 15) is 0 Å². The molecule has 3 rings (SSSR count). The molecule has 17 heavy (non-hydrogen) atoms. The molecular weight excluding hydrogens is 435 g/mol. The average molecular weight is 443 g/mol. The monoisotopic (exact) mass is 440 g/mol. The van der Waals surface area contributed by atoms with Gasteiger partial charge in [0.2, 0.25) is 5.28 Å². The molecule has 1 aliphatic heterocycles. The number of benzene rings is 1. The van der Waals surface area contributed by atoms with E-state index in [-0.39, 0.29) is 0 Å². The Kier molecular flexibility index (Phi) is 3.09. The fourth-order valence-electron chi connectivity index (χ4n) is 2.40. The lowest BCUT2D eigenvalue weighted by Crippen LogP contribution is -2.13. The molecule has 1 aliphatic rings. The van der Waals surface area contributed by atoms with Crippen LogP contribution in [-0.4, -0.2) is 9.55 Å². The predicted molar refractivity (Wildman–Crippen MR) is 80.9 cm³/mol. The van der Waals surface area contributed by atoms with Crippen molar-refractivity contribution in [3.63, 3.8) is 0 Å². The van der Waals surface area contributed by atoms with Crippen molar-refractivity contribution in [3.05, 3.63) is 24.3 Å². The second kappa shape index (κ2) is 4.22. The minimum atomic E-state index is 0.403. The Labute approximate surface area is 129 Å². The van der Waals surface area contributed by atoms with E-state index in [2.05, 4.69) is 64.3 Å². The fraction of sp³-hybridized carbons (Fsp3) is 0.364. The van der Waals surface area contributed by atoms with Crippen LogP contribution in [0, 0.1) is 0 Å². The third kappa shape index (κ3) is 1.66. The van der Waals surface area contributed by atoms with Crippen molar-refractivity contribution < 1.29 is 0 Å². The summed E-state index contributed by atoms with van der Waals surface area (Å²) in [6.07, 6.45) is 2.14. The highest BCUT2D eigenvalue weighted by molar-refractivity contribution is 9.14. The third-order valence-corrected chi connectivity index (χ3v) is 7.04. The molecule has 6 heteroatoms. The maximum Gasteiger partial charge on any atom is 0.204 e. The van der Waals surface area contributed by atoms with E-state index in [1.165, 1.54) is 5.56 Å². The molecule has 2 heterocycles. The van der Waals surface area contributed by atoms with Gasteiger partial charge in [-0.05, 0) is 84.7 Å². The van der Waals surface area contributed by atoms with Gasteiger partial charge in [-0.15, -0.1) is 0 Å². The van der Waals surface area contributed by atoms with Crippen LogP contribution in [0.25, 0.3) is 11.0 Å². The zero-order chi connectivity index (χ0) is 12.3. The summed E-state index contributed by atoms with van der Waals surface area (Å²) in [5.41, 5.74) is 3.37. The standard InChI is InChI=1S/C11H8Br3ClN2/c1-4-2-3-5-6(12)7(13)8(14)9-10(5)17(4)11(15)16-9/h4H,2-3H2,1H3. The summed E-state index contributed by atoms with van der Waals surface area (Å²) in [6.45, 7) is 2.18. The number of halogens is 4. The van der Waals surface area contributed by atoms with Crippen LogP contribution in [0.1, 0.15) is 24.9 Å². The molecule has 0 saturated heterocycles. The molecule has 1 aromatic heterocycles. The summed E-state index contributed by atoms with van der Waals surface area (Å²) in [4.78, 5) is 4.47. The Bertz CT molecular complexity index is 636. The number of nitrogens with zero attached hydrogens (tertiary/aromatic N) is 2. The van der Waals surface area contributed by atoms with Gasteiger partial charge < -0.3 is 4.57 Å². The van der Waals surface area contributed by atoms with Crippen LogP contribution in [0.2, 0.25) is 5.28 Å². The molecule has 1 aromatic carbocycles. The van der Waals surface area contributed by atoms with Crippen LogP contribution >= 0.6 is 59.4 Å². The molecule has 0 aliphatic carbocycles. The lowest BCUT2D eigenvalue weighted by molar-refractivity contribution is 0.501. The molecule has 1 atom stereocenters. The summed E-state index contributed by atoms with van der Waals surface area (Å²) < 4.78 is 5.19. The maximum absolute atomic E-state index is 6.25. The Morgan fingerprint density at radius 1 is 1.24 bits per heavy atom. The van der Waals surface area contributed by atoms with Crippen molar-refractivity contribution >= 4 is 70.4 Å². The molecule has 0 saturated carbocycles.